The number of hydrogen-bond donors (Lipinski definition) is 1. The normalized spacial score (nSPS) is 11.7. The fraction of sp³-hybridized carbons (Fsp3) is 0.364. The van der Waals surface area contributed by atoms with Gasteiger partial charge in [0.05, 0.1) is 5.75 Å². The van der Waals surface area contributed by atoms with Gasteiger partial charge in [-0.2, -0.15) is 0 Å². The van der Waals surface area contributed by atoms with E-state index in [0.717, 1.165) is 16.9 Å². The maximum atomic E-state index is 12.9. The Morgan fingerprint density at radius 3 is 2.41 bits per heavy atom. The maximum absolute atomic E-state index is 12.9. The second kappa shape index (κ2) is 10.8. The zero-order valence-electron chi connectivity index (χ0n) is 16.3. The van der Waals surface area contributed by atoms with Crippen molar-refractivity contribution in [2.75, 3.05) is 12.3 Å². The summed E-state index contributed by atoms with van der Waals surface area (Å²) in [7, 11) is 0. The van der Waals surface area contributed by atoms with Crippen molar-refractivity contribution in [2.24, 2.45) is 0 Å². The molecule has 0 bridgehead atoms. The van der Waals surface area contributed by atoms with E-state index in [1.165, 1.54) is 5.56 Å². The SMILES string of the molecule is CCNC(=O)[C@@H](C)N(Cc1ccccc1C)C(=O)CSCc1ccccc1. The van der Waals surface area contributed by atoms with Crippen molar-refractivity contribution in [1.82, 2.24) is 10.2 Å². The third-order valence-electron chi connectivity index (χ3n) is 4.46. The van der Waals surface area contributed by atoms with E-state index in [0.29, 0.717) is 18.8 Å². The molecule has 2 amide bonds. The van der Waals surface area contributed by atoms with Crippen molar-refractivity contribution in [1.29, 1.82) is 0 Å². The van der Waals surface area contributed by atoms with Crippen LogP contribution in [0, 0.1) is 6.92 Å². The highest BCUT2D eigenvalue weighted by Gasteiger charge is 2.26. The summed E-state index contributed by atoms with van der Waals surface area (Å²) in [5.74, 6) is 0.996. The summed E-state index contributed by atoms with van der Waals surface area (Å²) >= 11 is 1.58. The average molecular weight is 385 g/mol. The first-order chi connectivity index (χ1) is 13.0. The van der Waals surface area contributed by atoms with E-state index in [4.69, 9.17) is 0 Å². The molecule has 2 aromatic carbocycles. The largest absolute Gasteiger partial charge is 0.355 e. The minimum Gasteiger partial charge on any atom is -0.355 e. The molecule has 2 aromatic rings. The number of hydrogen-bond acceptors (Lipinski definition) is 3. The number of carbonyl (C=O) groups excluding carboxylic acids is 2. The zero-order chi connectivity index (χ0) is 19.6. The Balaban J connectivity index is 2.06. The summed E-state index contributed by atoms with van der Waals surface area (Å²) in [6.45, 7) is 6.70. The summed E-state index contributed by atoms with van der Waals surface area (Å²) in [5.41, 5.74) is 3.38. The Labute approximate surface area is 166 Å². The lowest BCUT2D eigenvalue weighted by atomic mass is 10.1. The van der Waals surface area contributed by atoms with E-state index in [9.17, 15) is 9.59 Å². The van der Waals surface area contributed by atoms with Crippen LogP contribution in [-0.2, 0) is 21.9 Å². The van der Waals surface area contributed by atoms with E-state index in [2.05, 4.69) is 17.4 Å². The van der Waals surface area contributed by atoms with Gasteiger partial charge in [-0.15, -0.1) is 11.8 Å². The van der Waals surface area contributed by atoms with Crippen molar-refractivity contribution in [3.63, 3.8) is 0 Å². The lowest BCUT2D eigenvalue weighted by Gasteiger charge is -2.29. The molecule has 0 spiro atoms. The number of aryl methyl sites for hydroxylation is 1. The van der Waals surface area contributed by atoms with Gasteiger partial charge in [0.25, 0.3) is 0 Å². The minimum atomic E-state index is -0.505. The topological polar surface area (TPSA) is 49.4 Å². The molecule has 5 heteroatoms. The lowest BCUT2D eigenvalue weighted by molar-refractivity contribution is -0.138. The van der Waals surface area contributed by atoms with Gasteiger partial charge in [-0.05, 0) is 37.5 Å². The van der Waals surface area contributed by atoms with Gasteiger partial charge in [0.2, 0.25) is 11.8 Å². The molecule has 0 aliphatic heterocycles. The number of nitrogens with one attached hydrogen (secondary N) is 1. The average Bonchev–Trinajstić information content (AvgIpc) is 2.67. The number of nitrogens with zero attached hydrogens (tertiary/aromatic N) is 1. The number of carbonyl (C=O) groups is 2. The highest BCUT2D eigenvalue weighted by molar-refractivity contribution is 7.99. The maximum Gasteiger partial charge on any atom is 0.242 e. The van der Waals surface area contributed by atoms with E-state index in [1.54, 1.807) is 23.6 Å². The van der Waals surface area contributed by atoms with Gasteiger partial charge in [-0.1, -0.05) is 54.6 Å². The zero-order valence-corrected chi connectivity index (χ0v) is 17.1. The van der Waals surface area contributed by atoms with Crippen LogP contribution in [0.15, 0.2) is 54.6 Å². The smallest absolute Gasteiger partial charge is 0.242 e. The molecule has 0 saturated heterocycles. The van der Waals surface area contributed by atoms with Crippen LogP contribution < -0.4 is 5.32 Å². The fourth-order valence-corrected chi connectivity index (χ4v) is 3.66. The Morgan fingerprint density at radius 1 is 1.07 bits per heavy atom. The molecule has 0 aliphatic carbocycles. The molecule has 0 radical (unpaired) electrons. The molecule has 4 nitrogen and oxygen atoms in total. The molecular weight excluding hydrogens is 356 g/mol. The molecule has 0 saturated carbocycles. The highest BCUT2D eigenvalue weighted by atomic mass is 32.2. The van der Waals surface area contributed by atoms with Crippen molar-refractivity contribution < 1.29 is 9.59 Å². The Kier molecular flexibility index (Phi) is 8.40. The summed E-state index contributed by atoms with van der Waals surface area (Å²) in [4.78, 5) is 27.0. The summed E-state index contributed by atoms with van der Waals surface area (Å²) < 4.78 is 0. The number of benzene rings is 2. The molecule has 0 unspecified atom stereocenters. The van der Waals surface area contributed by atoms with Crippen LogP contribution in [-0.4, -0.2) is 35.1 Å². The second-order valence-corrected chi connectivity index (χ2v) is 7.48. The second-order valence-electron chi connectivity index (χ2n) is 6.50. The van der Waals surface area contributed by atoms with Crippen molar-refractivity contribution in [2.45, 2.75) is 39.1 Å². The van der Waals surface area contributed by atoms with Crippen LogP contribution in [0.3, 0.4) is 0 Å². The third kappa shape index (κ3) is 6.43. The number of amides is 2. The van der Waals surface area contributed by atoms with Crippen LogP contribution in [0.5, 0.6) is 0 Å². The molecule has 0 aliphatic rings. The predicted molar refractivity (Wildman–Crippen MR) is 112 cm³/mol. The van der Waals surface area contributed by atoms with Crippen LogP contribution >= 0.6 is 11.8 Å². The molecule has 1 atom stereocenters. The Hall–Kier alpha value is -2.27. The summed E-state index contributed by atoms with van der Waals surface area (Å²) in [5, 5.41) is 2.82. The first kappa shape index (κ1) is 21.0. The first-order valence-electron chi connectivity index (χ1n) is 9.26. The number of rotatable bonds is 9. The molecule has 1 N–H and O–H groups in total. The van der Waals surface area contributed by atoms with Gasteiger partial charge >= 0.3 is 0 Å². The molecule has 0 aromatic heterocycles. The van der Waals surface area contributed by atoms with Gasteiger partial charge in [0.1, 0.15) is 6.04 Å². The summed E-state index contributed by atoms with van der Waals surface area (Å²) in [6, 6.07) is 17.6. The van der Waals surface area contributed by atoms with E-state index in [-0.39, 0.29) is 11.8 Å². The van der Waals surface area contributed by atoms with E-state index >= 15 is 0 Å². The first-order valence-corrected chi connectivity index (χ1v) is 10.4. The van der Waals surface area contributed by atoms with Gasteiger partial charge < -0.3 is 10.2 Å². The van der Waals surface area contributed by atoms with Crippen LogP contribution in [0.4, 0.5) is 0 Å². The Morgan fingerprint density at radius 2 is 1.74 bits per heavy atom. The van der Waals surface area contributed by atoms with Crippen LogP contribution in [0.25, 0.3) is 0 Å². The highest BCUT2D eigenvalue weighted by Crippen LogP contribution is 2.17. The van der Waals surface area contributed by atoms with Crippen molar-refractivity contribution in [3.8, 4) is 0 Å². The molecule has 144 valence electrons. The third-order valence-corrected chi connectivity index (χ3v) is 5.45. The monoisotopic (exact) mass is 384 g/mol. The quantitative estimate of drug-likeness (QED) is 0.716. The van der Waals surface area contributed by atoms with Crippen molar-refractivity contribution >= 4 is 23.6 Å². The van der Waals surface area contributed by atoms with Crippen LogP contribution in [0.1, 0.15) is 30.5 Å². The van der Waals surface area contributed by atoms with E-state index in [1.807, 2.05) is 56.3 Å². The van der Waals surface area contributed by atoms with E-state index < -0.39 is 6.04 Å². The molecule has 0 fully saturated rings. The predicted octanol–water partition coefficient (Wildman–Crippen LogP) is 3.78. The number of likely N-dealkylation sites (N-methyl/N-ethyl adjacent to an activating group) is 1. The molecule has 27 heavy (non-hydrogen) atoms. The summed E-state index contributed by atoms with van der Waals surface area (Å²) in [6.07, 6.45) is 0. The minimum absolute atomic E-state index is 0.0158. The van der Waals surface area contributed by atoms with Gasteiger partial charge in [-0.3, -0.25) is 9.59 Å². The number of thioether (sulfide) groups is 1. The lowest BCUT2D eigenvalue weighted by Crippen LogP contribution is -2.48. The standard InChI is InChI=1S/C22H28N2O2S/c1-4-23-22(26)18(3)24(14-20-13-9-8-10-17(20)2)21(25)16-27-15-19-11-6-5-7-12-19/h5-13,18H,4,14-16H2,1-3H3,(H,23,26)/t18-/m1/s1. The molecular formula is C22H28N2O2S. The fourth-order valence-electron chi connectivity index (χ4n) is 2.79. The van der Waals surface area contributed by atoms with Crippen LogP contribution in [0.2, 0.25) is 0 Å². The van der Waals surface area contributed by atoms with Crippen molar-refractivity contribution in [3.05, 3.63) is 71.3 Å². The molecule has 0 heterocycles. The Bertz CT molecular complexity index is 749. The van der Waals surface area contributed by atoms with Gasteiger partial charge in [0, 0.05) is 18.8 Å². The van der Waals surface area contributed by atoms with Gasteiger partial charge in [-0.25, -0.2) is 0 Å². The van der Waals surface area contributed by atoms with Gasteiger partial charge in [0.15, 0.2) is 0 Å². The molecule has 2 rings (SSSR count).